The van der Waals surface area contributed by atoms with Gasteiger partial charge in [-0.05, 0) is 26.0 Å². The van der Waals surface area contributed by atoms with Crippen molar-refractivity contribution in [3.63, 3.8) is 0 Å². The van der Waals surface area contributed by atoms with Gasteiger partial charge in [-0.3, -0.25) is 0 Å². The maximum Gasteiger partial charge on any atom is 0.264 e. The van der Waals surface area contributed by atoms with Crippen LogP contribution >= 0.6 is 0 Å². The maximum absolute atomic E-state index is 13.2. The molecule has 0 aliphatic carbocycles. The molecule has 0 amide bonds. The van der Waals surface area contributed by atoms with Crippen LogP contribution in [0.25, 0.3) is 0 Å². The lowest BCUT2D eigenvalue weighted by molar-refractivity contribution is 0.151. The lowest BCUT2D eigenvalue weighted by Crippen LogP contribution is -2.37. The van der Waals surface area contributed by atoms with Crippen molar-refractivity contribution in [2.75, 3.05) is 0 Å². The monoisotopic (exact) mass is 291 g/mol. The average Bonchev–Trinajstić information content (AvgIpc) is 2.38. The van der Waals surface area contributed by atoms with E-state index in [0.717, 1.165) is 5.56 Å². The van der Waals surface area contributed by atoms with Gasteiger partial charge < -0.3 is 16.5 Å². The van der Waals surface area contributed by atoms with E-state index in [0.29, 0.717) is 5.70 Å². The summed E-state index contributed by atoms with van der Waals surface area (Å²) in [6.07, 6.45) is -1.16. The molecule has 0 unspecified atom stereocenters. The first-order valence-corrected chi connectivity index (χ1v) is 6.23. The largest absolute Gasteiger partial charge is 0.368 e. The summed E-state index contributed by atoms with van der Waals surface area (Å²) in [7, 11) is 0. The van der Waals surface area contributed by atoms with Gasteiger partial charge in [-0.25, -0.2) is 8.78 Å². The summed E-state index contributed by atoms with van der Waals surface area (Å²) in [5, 5.41) is 17.9. The Labute approximate surface area is 120 Å². The van der Waals surface area contributed by atoms with Gasteiger partial charge in [0.15, 0.2) is 0 Å². The zero-order valence-corrected chi connectivity index (χ0v) is 11.6. The van der Waals surface area contributed by atoms with Crippen molar-refractivity contribution in [3.8, 4) is 0 Å². The zero-order chi connectivity index (χ0) is 15.6. The average molecular weight is 291 g/mol. The molecule has 2 rings (SSSR count). The van der Waals surface area contributed by atoms with E-state index >= 15 is 0 Å². The van der Waals surface area contributed by atoms with Crippen LogP contribution in [0.1, 0.15) is 30.0 Å². The van der Waals surface area contributed by atoms with Gasteiger partial charge in [-0.1, -0.05) is 17.7 Å². The highest BCUT2D eigenvalue weighted by atomic mass is 19.3. The quantitative estimate of drug-likeness (QED) is 0.747. The van der Waals surface area contributed by atoms with Crippen molar-refractivity contribution in [2.24, 2.45) is 15.9 Å². The van der Waals surface area contributed by atoms with Gasteiger partial charge in [0.1, 0.15) is 5.71 Å². The van der Waals surface area contributed by atoms with Crippen LogP contribution in [0.3, 0.4) is 0 Å². The second-order valence-corrected chi connectivity index (χ2v) is 4.69. The molecule has 0 spiro atoms. The van der Waals surface area contributed by atoms with Crippen LogP contribution in [0.5, 0.6) is 0 Å². The van der Waals surface area contributed by atoms with E-state index in [1.807, 2.05) is 0 Å². The fourth-order valence-corrected chi connectivity index (χ4v) is 1.98. The number of nitrogens with two attached hydrogens (primary N) is 1. The summed E-state index contributed by atoms with van der Waals surface area (Å²) in [6, 6.07) is 4.71. The minimum atomic E-state index is -2.63. The van der Waals surface area contributed by atoms with E-state index in [2.05, 4.69) is 15.5 Å². The summed E-state index contributed by atoms with van der Waals surface area (Å²) in [6.45, 7) is 3.31. The Morgan fingerprint density at radius 1 is 1.38 bits per heavy atom. The number of hydrogen-bond donors (Lipinski definition) is 3. The van der Waals surface area contributed by atoms with Gasteiger partial charge in [-0.15, -0.1) is 10.2 Å². The van der Waals surface area contributed by atoms with Gasteiger partial charge in [0.2, 0.25) is 5.96 Å². The summed E-state index contributed by atoms with van der Waals surface area (Å²) >= 11 is 0. The van der Waals surface area contributed by atoms with Crippen LogP contribution in [-0.4, -0.2) is 17.4 Å². The number of allylic oxidation sites excluding steroid dienone is 2. The summed E-state index contributed by atoms with van der Waals surface area (Å²) < 4.78 is 26.5. The second kappa shape index (κ2) is 5.82. The minimum absolute atomic E-state index is 0.0527. The number of alkyl halides is 2. The molecule has 5 nitrogen and oxygen atoms in total. The van der Waals surface area contributed by atoms with Crippen LogP contribution in [0.4, 0.5) is 8.78 Å². The number of halogens is 2. The minimum Gasteiger partial charge on any atom is -0.368 e. The Kier molecular flexibility index (Phi) is 4.11. The second-order valence-electron chi connectivity index (χ2n) is 4.69. The molecule has 0 radical (unpaired) electrons. The molecule has 0 bridgehead atoms. The predicted octanol–water partition coefficient (Wildman–Crippen LogP) is 2.48. The van der Waals surface area contributed by atoms with Crippen LogP contribution in [-0.2, 0) is 0 Å². The number of aryl methyl sites for hydroxylation is 1. The molecule has 110 valence electrons. The molecule has 7 heteroatoms. The van der Waals surface area contributed by atoms with E-state index < -0.39 is 6.43 Å². The Morgan fingerprint density at radius 3 is 2.71 bits per heavy atom. The van der Waals surface area contributed by atoms with Crippen LogP contribution in [0.2, 0.25) is 0 Å². The Morgan fingerprint density at radius 2 is 2.10 bits per heavy atom. The first-order chi connectivity index (χ1) is 9.88. The first-order valence-electron chi connectivity index (χ1n) is 6.23. The molecule has 0 saturated carbocycles. The van der Waals surface area contributed by atoms with Gasteiger partial charge in [0, 0.05) is 16.8 Å². The molecule has 4 N–H and O–H groups in total. The van der Waals surface area contributed by atoms with Crippen molar-refractivity contribution in [1.82, 2.24) is 5.32 Å². The number of hydrogen-bond acceptors (Lipinski definition) is 5. The third-order valence-electron chi connectivity index (χ3n) is 2.83. The van der Waals surface area contributed by atoms with E-state index in [-0.39, 0.29) is 28.5 Å². The lowest BCUT2D eigenvalue weighted by Gasteiger charge is -2.18. The van der Waals surface area contributed by atoms with Gasteiger partial charge in [0.25, 0.3) is 6.43 Å². The number of rotatable bonds is 3. The number of benzene rings is 1. The molecule has 0 aromatic heterocycles. The van der Waals surface area contributed by atoms with E-state index in [1.165, 1.54) is 12.1 Å². The van der Waals surface area contributed by atoms with Crippen molar-refractivity contribution >= 4 is 17.4 Å². The fraction of sp³-hybridized carbons (Fsp3) is 0.214. The summed E-state index contributed by atoms with van der Waals surface area (Å²) in [5.41, 5.74) is 7.27. The molecular weight excluding hydrogens is 276 g/mol. The summed E-state index contributed by atoms with van der Waals surface area (Å²) in [4.78, 5) is 0. The molecule has 1 aliphatic rings. The normalized spacial score (nSPS) is 16.5. The highest BCUT2D eigenvalue weighted by Crippen LogP contribution is 2.26. The van der Waals surface area contributed by atoms with Gasteiger partial charge in [-0.2, -0.15) is 0 Å². The van der Waals surface area contributed by atoms with Gasteiger partial charge in [0.05, 0.1) is 5.70 Å². The number of nitrogens with one attached hydrogen (secondary N) is 2. The molecule has 0 saturated heterocycles. The topological polar surface area (TPSA) is 86.6 Å². The SMILES string of the molecule is CC(=N)/C=C1\NC(N)=NN=C1c1ccc(C)cc1C(F)F. The van der Waals surface area contributed by atoms with E-state index in [4.69, 9.17) is 11.1 Å². The van der Waals surface area contributed by atoms with Crippen molar-refractivity contribution in [1.29, 1.82) is 5.41 Å². The fourth-order valence-electron chi connectivity index (χ4n) is 1.98. The Hall–Kier alpha value is -2.57. The van der Waals surface area contributed by atoms with E-state index in [1.54, 1.807) is 26.0 Å². The van der Waals surface area contributed by atoms with E-state index in [9.17, 15) is 8.78 Å². The molecule has 21 heavy (non-hydrogen) atoms. The van der Waals surface area contributed by atoms with Crippen molar-refractivity contribution in [3.05, 3.63) is 46.7 Å². The van der Waals surface area contributed by atoms with Crippen LogP contribution in [0.15, 0.2) is 40.2 Å². The molecule has 1 heterocycles. The smallest absolute Gasteiger partial charge is 0.264 e. The third kappa shape index (κ3) is 3.31. The van der Waals surface area contributed by atoms with Crippen LogP contribution in [0, 0.1) is 12.3 Å². The third-order valence-corrected chi connectivity index (χ3v) is 2.83. The van der Waals surface area contributed by atoms with Gasteiger partial charge >= 0.3 is 0 Å². The van der Waals surface area contributed by atoms with Crippen molar-refractivity contribution in [2.45, 2.75) is 20.3 Å². The van der Waals surface area contributed by atoms with Crippen molar-refractivity contribution < 1.29 is 8.78 Å². The standard InChI is InChI=1S/C14H15F2N5/c1-7-3-4-9(10(5-7)13(15)16)12-11(6-8(2)17)19-14(18)21-20-12/h3-6,13,17H,1-2H3,(H3,18,19,21)/b11-6-,17-8?. The highest BCUT2D eigenvalue weighted by Gasteiger charge is 2.22. The first kappa shape index (κ1) is 14.8. The molecule has 1 aromatic rings. The molecule has 1 aliphatic heterocycles. The predicted molar refractivity (Wildman–Crippen MR) is 78.9 cm³/mol. The zero-order valence-electron chi connectivity index (χ0n) is 11.6. The molecule has 0 fully saturated rings. The highest BCUT2D eigenvalue weighted by molar-refractivity contribution is 6.18. The maximum atomic E-state index is 13.2. The number of nitrogens with zero attached hydrogens (tertiary/aromatic N) is 2. The summed E-state index contributed by atoms with van der Waals surface area (Å²) in [5.74, 6) is 0.0527. The Balaban J connectivity index is 2.60. The molecule has 1 aromatic carbocycles. The Bertz CT molecular complexity index is 674. The van der Waals surface area contributed by atoms with Crippen LogP contribution < -0.4 is 11.1 Å². The molecular formula is C14H15F2N5. The lowest BCUT2D eigenvalue weighted by atomic mass is 9.98. The molecule has 0 atom stereocenters. The number of guanidine groups is 1.